The topological polar surface area (TPSA) is 32.3 Å². The molecule has 0 bridgehead atoms. The number of halogens is 1. The van der Waals surface area contributed by atoms with Gasteiger partial charge in [0.2, 0.25) is 0 Å². The second-order valence-corrected chi connectivity index (χ2v) is 6.55. The van der Waals surface area contributed by atoms with Crippen molar-refractivity contribution in [1.82, 2.24) is 9.97 Å². The van der Waals surface area contributed by atoms with E-state index in [1.807, 2.05) is 6.20 Å². The first-order valence-corrected chi connectivity index (χ1v) is 8.26. The monoisotopic (exact) mass is 394 g/mol. The highest BCUT2D eigenvalue weighted by Crippen LogP contribution is 2.26. The van der Waals surface area contributed by atoms with Crippen LogP contribution in [0.15, 0.2) is 30.7 Å². The van der Waals surface area contributed by atoms with Crippen molar-refractivity contribution in [3.63, 3.8) is 0 Å². The number of aromatic nitrogens is 2. The number of rotatable bonds is 2. The highest BCUT2D eigenvalue weighted by molar-refractivity contribution is 14.1. The van der Waals surface area contributed by atoms with Crippen LogP contribution in [0.3, 0.4) is 0 Å². The first-order valence-electron chi connectivity index (χ1n) is 7.18. The Morgan fingerprint density at radius 2 is 1.76 bits per heavy atom. The lowest BCUT2D eigenvalue weighted by molar-refractivity contribution is 0.644. The molecule has 1 fully saturated rings. The third kappa shape index (κ3) is 2.97. The van der Waals surface area contributed by atoms with Gasteiger partial charge in [0.05, 0.1) is 3.57 Å². The highest BCUT2D eigenvalue weighted by Gasteiger charge is 2.21. The first-order chi connectivity index (χ1) is 10.2. The van der Waals surface area contributed by atoms with Gasteiger partial charge in [-0.3, -0.25) is 0 Å². The molecule has 0 N–H and O–H groups in total. The summed E-state index contributed by atoms with van der Waals surface area (Å²) in [6.45, 7) is 8.46. The molecule has 2 aromatic rings. The van der Waals surface area contributed by atoms with Gasteiger partial charge in [-0.15, -0.1) is 0 Å². The number of aryl methyl sites for hydroxylation is 1. The third-order valence-corrected chi connectivity index (χ3v) is 4.91. The zero-order valence-corrected chi connectivity index (χ0v) is 14.5. The second-order valence-electron chi connectivity index (χ2n) is 5.39. The van der Waals surface area contributed by atoms with Gasteiger partial charge >= 0.3 is 0 Å². The summed E-state index contributed by atoms with van der Waals surface area (Å²) in [5.74, 6) is 1.06. The Morgan fingerprint density at radius 3 is 2.48 bits per heavy atom. The highest BCUT2D eigenvalue weighted by atomic mass is 127. The Morgan fingerprint density at radius 1 is 1.05 bits per heavy atom. The van der Waals surface area contributed by atoms with Crippen molar-refractivity contribution in [3.05, 3.63) is 45.4 Å². The summed E-state index contributed by atoms with van der Waals surface area (Å²) in [5.41, 5.74) is 4.12. The zero-order chi connectivity index (χ0) is 14.8. The number of piperazine rings is 1. The minimum absolute atomic E-state index is 1.00. The molecule has 0 aliphatic carbocycles. The molecule has 1 aliphatic rings. The van der Waals surface area contributed by atoms with Gasteiger partial charge in [0.1, 0.15) is 12.1 Å². The summed E-state index contributed by atoms with van der Waals surface area (Å²) in [6.07, 6.45) is 3.51. The van der Waals surface area contributed by atoms with Gasteiger partial charge in [0.25, 0.3) is 0 Å². The Hall–Kier alpha value is -1.37. The van der Waals surface area contributed by atoms with Crippen LogP contribution >= 0.6 is 22.6 Å². The number of benzene rings is 1. The Kier molecular flexibility index (Phi) is 4.28. The van der Waals surface area contributed by atoms with Crippen molar-refractivity contribution < 1.29 is 0 Å². The average Bonchev–Trinajstić information content (AvgIpc) is 2.51. The summed E-state index contributed by atoms with van der Waals surface area (Å²) in [7, 11) is 0. The molecule has 0 atom stereocenters. The lowest BCUT2D eigenvalue weighted by Crippen LogP contribution is -2.47. The maximum atomic E-state index is 4.42. The number of hydrogen-bond donors (Lipinski definition) is 0. The minimum atomic E-state index is 1.00. The fraction of sp³-hybridized carbons (Fsp3) is 0.375. The lowest BCUT2D eigenvalue weighted by Gasteiger charge is -2.37. The largest absolute Gasteiger partial charge is 0.368 e. The van der Waals surface area contributed by atoms with E-state index in [2.05, 4.69) is 74.4 Å². The SMILES string of the molecule is Cc1cccc(N2CCN(c3ncncc3I)CC2)c1C. The van der Waals surface area contributed by atoms with E-state index < -0.39 is 0 Å². The normalized spacial score (nSPS) is 15.4. The van der Waals surface area contributed by atoms with E-state index in [1.54, 1.807) is 6.33 Å². The van der Waals surface area contributed by atoms with Crippen molar-refractivity contribution in [2.24, 2.45) is 0 Å². The van der Waals surface area contributed by atoms with Gasteiger partial charge in [0, 0.05) is 38.1 Å². The van der Waals surface area contributed by atoms with Crippen LogP contribution in [0, 0.1) is 17.4 Å². The Labute approximate surface area is 139 Å². The first kappa shape index (κ1) is 14.6. The molecule has 1 aromatic carbocycles. The lowest BCUT2D eigenvalue weighted by atomic mass is 10.1. The van der Waals surface area contributed by atoms with E-state index >= 15 is 0 Å². The van der Waals surface area contributed by atoms with Crippen LogP contribution in [-0.2, 0) is 0 Å². The second kappa shape index (κ2) is 6.17. The van der Waals surface area contributed by atoms with Crippen LogP contribution in [0.1, 0.15) is 11.1 Å². The van der Waals surface area contributed by atoms with Crippen molar-refractivity contribution >= 4 is 34.1 Å². The van der Waals surface area contributed by atoms with Crippen LogP contribution in [0.25, 0.3) is 0 Å². The van der Waals surface area contributed by atoms with E-state index in [0.29, 0.717) is 0 Å². The molecule has 5 heteroatoms. The molecule has 0 saturated carbocycles. The van der Waals surface area contributed by atoms with Crippen LogP contribution in [0.5, 0.6) is 0 Å². The standard InChI is InChI=1S/C16H19IN4/c1-12-4-3-5-15(13(12)2)20-6-8-21(9-7-20)16-14(17)10-18-11-19-16/h3-5,10-11H,6-9H2,1-2H3. The summed E-state index contributed by atoms with van der Waals surface area (Å²) in [4.78, 5) is 13.3. The molecule has 2 heterocycles. The maximum Gasteiger partial charge on any atom is 0.145 e. The summed E-state index contributed by atoms with van der Waals surface area (Å²) in [6, 6.07) is 6.56. The maximum absolute atomic E-state index is 4.42. The smallest absolute Gasteiger partial charge is 0.145 e. The fourth-order valence-electron chi connectivity index (χ4n) is 2.78. The predicted molar refractivity (Wildman–Crippen MR) is 95.1 cm³/mol. The summed E-state index contributed by atoms with van der Waals surface area (Å²) >= 11 is 2.31. The number of hydrogen-bond acceptors (Lipinski definition) is 4. The average molecular weight is 394 g/mol. The van der Waals surface area contributed by atoms with Crippen molar-refractivity contribution in [2.45, 2.75) is 13.8 Å². The van der Waals surface area contributed by atoms with Gasteiger partial charge in [-0.25, -0.2) is 9.97 Å². The fourth-order valence-corrected chi connectivity index (χ4v) is 3.42. The van der Waals surface area contributed by atoms with Crippen LogP contribution in [0.4, 0.5) is 11.5 Å². The molecule has 0 radical (unpaired) electrons. The third-order valence-electron chi connectivity index (χ3n) is 4.14. The van der Waals surface area contributed by atoms with E-state index in [1.165, 1.54) is 16.8 Å². The van der Waals surface area contributed by atoms with Crippen LogP contribution in [-0.4, -0.2) is 36.1 Å². The van der Waals surface area contributed by atoms with Gasteiger partial charge in [-0.2, -0.15) is 0 Å². The minimum Gasteiger partial charge on any atom is -0.368 e. The van der Waals surface area contributed by atoms with Gasteiger partial charge in [-0.1, -0.05) is 12.1 Å². The molecule has 1 aromatic heterocycles. The molecule has 1 aliphatic heterocycles. The molecular weight excluding hydrogens is 375 g/mol. The van der Waals surface area contributed by atoms with Crippen molar-refractivity contribution in [2.75, 3.05) is 36.0 Å². The molecular formula is C16H19IN4. The number of nitrogens with zero attached hydrogens (tertiary/aromatic N) is 4. The van der Waals surface area contributed by atoms with E-state index in [4.69, 9.17) is 0 Å². The Balaban J connectivity index is 1.74. The van der Waals surface area contributed by atoms with Crippen LogP contribution in [0.2, 0.25) is 0 Å². The molecule has 21 heavy (non-hydrogen) atoms. The molecule has 110 valence electrons. The van der Waals surface area contributed by atoms with Gasteiger partial charge in [-0.05, 0) is 53.6 Å². The van der Waals surface area contributed by atoms with E-state index in [0.717, 1.165) is 35.6 Å². The summed E-state index contributed by atoms with van der Waals surface area (Å²) in [5, 5.41) is 0. The molecule has 1 saturated heterocycles. The van der Waals surface area contributed by atoms with E-state index in [-0.39, 0.29) is 0 Å². The van der Waals surface area contributed by atoms with Crippen molar-refractivity contribution in [3.8, 4) is 0 Å². The molecule has 0 unspecified atom stereocenters. The number of anilines is 2. The quantitative estimate of drug-likeness (QED) is 0.734. The zero-order valence-electron chi connectivity index (χ0n) is 12.4. The van der Waals surface area contributed by atoms with Gasteiger partial charge in [0.15, 0.2) is 0 Å². The predicted octanol–water partition coefficient (Wildman–Crippen LogP) is 3.02. The van der Waals surface area contributed by atoms with E-state index in [9.17, 15) is 0 Å². The Bertz CT molecular complexity index is 636. The summed E-state index contributed by atoms with van der Waals surface area (Å²) < 4.78 is 1.12. The van der Waals surface area contributed by atoms with Gasteiger partial charge < -0.3 is 9.80 Å². The molecule has 0 spiro atoms. The molecule has 4 nitrogen and oxygen atoms in total. The molecule has 0 amide bonds. The van der Waals surface area contributed by atoms with Crippen molar-refractivity contribution in [1.29, 1.82) is 0 Å². The van der Waals surface area contributed by atoms with Crippen LogP contribution < -0.4 is 9.80 Å². The molecule has 3 rings (SSSR count).